The van der Waals surface area contributed by atoms with Crippen LogP contribution in [-0.2, 0) is 6.54 Å². The highest BCUT2D eigenvalue weighted by atomic mass is 16.2. The van der Waals surface area contributed by atoms with E-state index in [0.29, 0.717) is 24.5 Å². The first-order valence-corrected chi connectivity index (χ1v) is 7.27. The van der Waals surface area contributed by atoms with Crippen LogP contribution in [0.1, 0.15) is 24.2 Å². The minimum atomic E-state index is -0.580. The third kappa shape index (κ3) is 4.09. The summed E-state index contributed by atoms with van der Waals surface area (Å²) < 4.78 is 1.69. The highest BCUT2D eigenvalue weighted by molar-refractivity contribution is 5.93. The van der Waals surface area contributed by atoms with Crippen LogP contribution in [0.25, 0.3) is 0 Å². The fraction of sp³-hybridized carbons (Fsp3) is 0.429. The van der Waals surface area contributed by atoms with E-state index >= 15 is 0 Å². The summed E-state index contributed by atoms with van der Waals surface area (Å²) in [5.74, 6) is 0.170. The predicted molar refractivity (Wildman–Crippen MR) is 85.6 cm³/mol. The van der Waals surface area contributed by atoms with Crippen LogP contribution in [0.2, 0.25) is 0 Å². The minimum absolute atomic E-state index is 0.140. The lowest BCUT2D eigenvalue weighted by atomic mass is 10.2. The number of likely N-dealkylation sites (N-methyl/N-ethyl adjacent to an activating group) is 1. The van der Waals surface area contributed by atoms with Crippen molar-refractivity contribution in [2.75, 3.05) is 18.9 Å². The summed E-state index contributed by atoms with van der Waals surface area (Å²) in [5, 5.41) is 7.03. The molecule has 2 aromatic rings. The van der Waals surface area contributed by atoms with Crippen molar-refractivity contribution in [1.29, 1.82) is 0 Å². The topological polar surface area (TPSA) is 116 Å². The number of amides is 1. The highest BCUT2D eigenvalue weighted by Crippen LogP contribution is 2.07. The van der Waals surface area contributed by atoms with E-state index in [9.17, 15) is 14.4 Å². The van der Waals surface area contributed by atoms with Crippen LogP contribution in [-0.4, -0.2) is 50.2 Å². The van der Waals surface area contributed by atoms with Gasteiger partial charge >= 0.3 is 5.69 Å². The molecule has 0 aliphatic heterocycles. The second-order valence-corrected chi connectivity index (χ2v) is 5.23. The zero-order valence-electron chi connectivity index (χ0n) is 13.3. The summed E-state index contributed by atoms with van der Waals surface area (Å²) in [5.41, 5.74) is -0.546. The smallest absolute Gasteiger partial charge is 0.327 e. The van der Waals surface area contributed by atoms with E-state index in [0.717, 1.165) is 0 Å². The van der Waals surface area contributed by atoms with Crippen LogP contribution in [0.4, 0.5) is 5.82 Å². The SMILES string of the molecule is CCn1cc(C(=O)N(C)C(C)CNc2cc(=O)[nH]c(=O)[nH]2)cn1. The molecule has 0 radical (unpaired) electrons. The molecule has 0 aliphatic rings. The minimum Gasteiger partial charge on any atom is -0.369 e. The molecule has 9 nitrogen and oxygen atoms in total. The first-order valence-electron chi connectivity index (χ1n) is 7.27. The zero-order valence-corrected chi connectivity index (χ0v) is 13.3. The van der Waals surface area contributed by atoms with E-state index in [1.54, 1.807) is 22.8 Å². The summed E-state index contributed by atoms with van der Waals surface area (Å²) in [6.07, 6.45) is 3.24. The van der Waals surface area contributed by atoms with Gasteiger partial charge in [0.2, 0.25) is 0 Å². The summed E-state index contributed by atoms with van der Waals surface area (Å²) in [7, 11) is 1.69. The molecular weight excluding hydrogens is 300 g/mol. The van der Waals surface area contributed by atoms with Crippen molar-refractivity contribution in [2.45, 2.75) is 26.4 Å². The zero-order chi connectivity index (χ0) is 17.0. The second-order valence-electron chi connectivity index (χ2n) is 5.23. The average Bonchev–Trinajstić information content (AvgIpc) is 2.99. The van der Waals surface area contributed by atoms with Gasteiger partial charge in [0, 0.05) is 38.4 Å². The molecule has 0 saturated heterocycles. The molecule has 0 aromatic carbocycles. The maximum atomic E-state index is 12.4. The number of carbonyl (C=O) groups is 1. The molecule has 9 heteroatoms. The monoisotopic (exact) mass is 320 g/mol. The number of rotatable bonds is 6. The quantitative estimate of drug-likeness (QED) is 0.684. The summed E-state index contributed by atoms with van der Waals surface area (Å²) in [6, 6.07) is 1.09. The van der Waals surface area contributed by atoms with Crippen molar-refractivity contribution < 1.29 is 4.79 Å². The molecule has 3 N–H and O–H groups in total. The van der Waals surface area contributed by atoms with Gasteiger partial charge in [-0.3, -0.25) is 24.2 Å². The number of carbonyl (C=O) groups excluding carboxylic acids is 1. The maximum absolute atomic E-state index is 12.4. The van der Waals surface area contributed by atoms with E-state index in [4.69, 9.17) is 0 Å². The number of nitrogens with zero attached hydrogens (tertiary/aromatic N) is 3. The summed E-state index contributed by atoms with van der Waals surface area (Å²) >= 11 is 0. The Morgan fingerprint density at radius 1 is 1.43 bits per heavy atom. The van der Waals surface area contributed by atoms with Crippen LogP contribution in [0.3, 0.4) is 0 Å². The van der Waals surface area contributed by atoms with Crippen molar-refractivity contribution in [1.82, 2.24) is 24.6 Å². The van der Waals surface area contributed by atoms with E-state index < -0.39 is 11.2 Å². The Morgan fingerprint density at radius 2 is 2.17 bits per heavy atom. The number of nitrogens with one attached hydrogen (secondary N) is 3. The summed E-state index contributed by atoms with van der Waals surface area (Å²) in [6.45, 7) is 4.88. The van der Waals surface area contributed by atoms with E-state index in [2.05, 4.69) is 20.4 Å². The molecule has 0 aliphatic carbocycles. The number of anilines is 1. The Bertz CT molecular complexity index is 762. The summed E-state index contributed by atoms with van der Waals surface area (Å²) in [4.78, 5) is 40.9. The standard InChI is InChI=1S/C14H20N6O3/c1-4-20-8-10(7-16-20)13(22)19(3)9(2)6-15-11-5-12(21)18-14(23)17-11/h5,7-9H,4,6H2,1-3H3,(H3,15,17,18,21,23). The third-order valence-corrected chi connectivity index (χ3v) is 3.53. The Kier molecular flexibility index (Phi) is 4.99. The molecule has 1 atom stereocenters. The Balaban J connectivity index is 1.99. The van der Waals surface area contributed by atoms with Crippen molar-refractivity contribution >= 4 is 11.7 Å². The molecule has 2 aromatic heterocycles. The molecule has 0 fully saturated rings. The number of aromatic amines is 2. The van der Waals surface area contributed by atoms with Crippen molar-refractivity contribution in [2.24, 2.45) is 0 Å². The van der Waals surface area contributed by atoms with Gasteiger partial charge in [0.15, 0.2) is 0 Å². The molecule has 2 heterocycles. The molecule has 2 rings (SSSR count). The molecule has 0 spiro atoms. The molecule has 0 bridgehead atoms. The normalized spacial score (nSPS) is 12.0. The van der Waals surface area contributed by atoms with Gasteiger partial charge in [-0.1, -0.05) is 0 Å². The van der Waals surface area contributed by atoms with Gasteiger partial charge in [-0.2, -0.15) is 5.10 Å². The fourth-order valence-electron chi connectivity index (χ4n) is 2.01. The lowest BCUT2D eigenvalue weighted by Crippen LogP contribution is -2.39. The maximum Gasteiger partial charge on any atom is 0.327 e. The van der Waals surface area contributed by atoms with Crippen molar-refractivity contribution in [3.8, 4) is 0 Å². The third-order valence-electron chi connectivity index (χ3n) is 3.53. The van der Waals surface area contributed by atoms with Crippen molar-refractivity contribution in [3.05, 3.63) is 44.9 Å². The van der Waals surface area contributed by atoms with Crippen LogP contribution in [0.15, 0.2) is 28.0 Å². The molecular formula is C14H20N6O3. The van der Waals surface area contributed by atoms with Gasteiger partial charge in [-0.15, -0.1) is 0 Å². The van der Waals surface area contributed by atoms with Gasteiger partial charge in [-0.05, 0) is 13.8 Å². The molecule has 124 valence electrons. The lowest BCUT2D eigenvalue weighted by molar-refractivity contribution is 0.0751. The second kappa shape index (κ2) is 6.95. The van der Waals surface area contributed by atoms with E-state index in [1.807, 2.05) is 13.8 Å². The number of aryl methyl sites for hydroxylation is 1. The Morgan fingerprint density at radius 3 is 2.78 bits per heavy atom. The van der Waals surface area contributed by atoms with Crippen LogP contribution >= 0.6 is 0 Å². The molecule has 1 unspecified atom stereocenters. The van der Waals surface area contributed by atoms with E-state index in [-0.39, 0.29) is 11.9 Å². The van der Waals surface area contributed by atoms with Crippen LogP contribution < -0.4 is 16.6 Å². The lowest BCUT2D eigenvalue weighted by Gasteiger charge is -2.25. The first-order chi connectivity index (χ1) is 10.9. The van der Waals surface area contributed by atoms with Gasteiger partial charge in [-0.25, -0.2) is 4.79 Å². The molecule has 1 amide bonds. The Hall–Kier alpha value is -2.84. The highest BCUT2D eigenvalue weighted by Gasteiger charge is 2.18. The van der Waals surface area contributed by atoms with Gasteiger partial charge < -0.3 is 10.2 Å². The number of hydrogen-bond donors (Lipinski definition) is 3. The van der Waals surface area contributed by atoms with Gasteiger partial charge in [0.25, 0.3) is 11.5 Å². The van der Waals surface area contributed by atoms with Crippen molar-refractivity contribution in [3.63, 3.8) is 0 Å². The Labute approximate surface area is 132 Å². The van der Waals surface area contributed by atoms with Gasteiger partial charge in [0.1, 0.15) is 5.82 Å². The number of aromatic nitrogens is 4. The molecule has 23 heavy (non-hydrogen) atoms. The largest absolute Gasteiger partial charge is 0.369 e. The first kappa shape index (κ1) is 16.5. The van der Waals surface area contributed by atoms with E-state index in [1.165, 1.54) is 12.3 Å². The van der Waals surface area contributed by atoms with Gasteiger partial charge in [0.05, 0.1) is 11.8 Å². The van der Waals surface area contributed by atoms with Crippen LogP contribution in [0, 0.1) is 0 Å². The number of H-pyrrole nitrogens is 2. The van der Waals surface area contributed by atoms with Crippen LogP contribution in [0.5, 0.6) is 0 Å². The average molecular weight is 320 g/mol. The number of hydrogen-bond acceptors (Lipinski definition) is 5. The molecule has 0 saturated carbocycles. The predicted octanol–water partition coefficient (Wildman–Crippen LogP) is -0.148. The fourth-order valence-corrected chi connectivity index (χ4v) is 2.01.